The average molecular weight is 539 g/mol. The van der Waals surface area contributed by atoms with Crippen molar-refractivity contribution in [2.24, 2.45) is 0 Å². The zero-order valence-corrected chi connectivity index (χ0v) is 22.1. The number of hydrogen-bond donors (Lipinski definition) is 0. The number of carbonyl (C=O) groups is 2. The lowest BCUT2D eigenvalue weighted by Gasteiger charge is -2.54. The third kappa shape index (κ3) is 5.07. The van der Waals surface area contributed by atoms with Crippen LogP contribution in [0.15, 0.2) is 48.5 Å². The predicted molar refractivity (Wildman–Crippen MR) is 135 cm³/mol. The number of nitrogens with zero attached hydrogens (tertiary/aromatic N) is 2. The van der Waals surface area contributed by atoms with Crippen molar-refractivity contribution in [3.63, 3.8) is 0 Å². The molecule has 35 heavy (non-hydrogen) atoms. The Labute approximate surface area is 216 Å². The molecule has 2 aromatic rings. The first kappa shape index (κ1) is 25.9. The highest BCUT2D eigenvalue weighted by atomic mass is 35.5. The second-order valence-electron chi connectivity index (χ2n) is 9.33. The summed E-state index contributed by atoms with van der Waals surface area (Å²) in [6.07, 6.45) is 1.94. The molecule has 2 aliphatic heterocycles. The SMILES string of the molecule is CCC(CN(C)S(C)(=O)=O)N1C(=O)C2(CC(=O)O2)CC(c2cccc(Cl)c2)C1c1ccc(Cl)cc1. The maximum absolute atomic E-state index is 14.0. The number of carbonyl (C=O) groups excluding carboxylic acids is 2. The molecule has 2 aromatic carbocycles. The predicted octanol–water partition coefficient (Wildman–Crippen LogP) is 4.41. The first-order chi connectivity index (χ1) is 16.4. The monoisotopic (exact) mass is 538 g/mol. The third-order valence-electron chi connectivity index (χ3n) is 6.98. The van der Waals surface area contributed by atoms with Crippen molar-refractivity contribution in [2.45, 2.75) is 49.8 Å². The largest absolute Gasteiger partial charge is 0.448 e. The lowest BCUT2D eigenvalue weighted by atomic mass is 9.70. The van der Waals surface area contributed by atoms with Crippen molar-refractivity contribution < 1.29 is 22.7 Å². The zero-order valence-electron chi connectivity index (χ0n) is 19.8. The van der Waals surface area contributed by atoms with E-state index in [1.807, 2.05) is 37.3 Å². The molecule has 1 spiro atoms. The van der Waals surface area contributed by atoms with Gasteiger partial charge in [0.1, 0.15) is 0 Å². The number of likely N-dealkylation sites (tertiary alicyclic amines) is 1. The molecule has 0 aliphatic carbocycles. The van der Waals surface area contributed by atoms with Gasteiger partial charge in [0.05, 0.1) is 18.7 Å². The molecular formula is C25H28Cl2N2O5S. The van der Waals surface area contributed by atoms with Gasteiger partial charge in [-0.25, -0.2) is 12.7 Å². The van der Waals surface area contributed by atoms with E-state index in [4.69, 9.17) is 27.9 Å². The van der Waals surface area contributed by atoms with Gasteiger partial charge in [0, 0.05) is 42.0 Å². The van der Waals surface area contributed by atoms with Crippen LogP contribution in [0.5, 0.6) is 0 Å². The summed E-state index contributed by atoms with van der Waals surface area (Å²) in [5, 5.41) is 1.12. The lowest BCUT2D eigenvalue weighted by Crippen LogP contribution is -2.67. The van der Waals surface area contributed by atoms with Crippen molar-refractivity contribution in [2.75, 3.05) is 19.8 Å². The van der Waals surface area contributed by atoms with Crippen LogP contribution in [-0.4, -0.2) is 61.0 Å². The van der Waals surface area contributed by atoms with Gasteiger partial charge in [0.15, 0.2) is 0 Å². The Balaban J connectivity index is 1.87. The fraction of sp³-hybridized carbons (Fsp3) is 0.440. The first-order valence-electron chi connectivity index (χ1n) is 11.4. The van der Waals surface area contributed by atoms with Crippen molar-refractivity contribution in [3.05, 3.63) is 69.7 Å². The van der Waals surface area contributed by atoms with Crippen molar-refractivity contribution in [1.82, 2.24) is 9.21 Å². The summed E-state index contributed by atoms with van der Waals surface area (Å²) in [7, 11) is -1.98. The van der Waals surface area contributed by atoms with Crippen molar-refractivity contribution >= 4 is 45.1 Å². The second-order valence-corrected chi connectivity index (χ2v) is 12.3. The van der Waals surface area contributed by atoms with E-state index in [0.717, 1.165) is 17.4 Å². The number of sulfonamides is 1. The van der Waals surface area contributed by atoms with Crippen LogP contribution < -0.4 is 0 Å². The number of rotatable bonds is 7. The van der Waals surface area contributed by atoms with Crippen LogP contribution in [0.4, 0.5) is 0 Å². The lowest BCUT2D eigenvalue weighted by molar-refractivity contribution is -0.212. The molecule has 0 aromatic heterocycles. The van der Waals surface area contributed by atoms with Gasteiger partial charge in [-0.1, -0.05) is 54.4 Å². The normalized spacial score (nSPS) is 25.5. The summed E-state index contributed by atoms with van der Waals surface area (Å²) in [4.78, 5) is 27.7. The van der Waals surface area contributed by atoms with Gasteiger partial charge in [0.25, 0.3) is 5.91 Å². The Bertz CT molecular complexity index is 1230. The third-order valence-corrected chi connectivity index (χ3v) is 8.75. The molecular weight excluding hydrogens is 511 g/mol. The van der Waals surface area contributed by atoms with E-state index in [0.29, 0.717) is 22.9 Å². The van der Waals surface area contributed by atoms with Crippen LogP contribution in [0.3, 0.4) is 0 Å². The fourth-order valence-corrected chi connectivity index (χ4v) is 5.88. The fourth-order valence-electron chi connectivity index (χ4n) is 5.11. The summed E-state index contributed by atoms with van der Waals surface area (Å²) in [5.74, 6) is -0.975. The molecule has 2 fully saturated rings. The molecule has 10 heteroatoms. The van der Waals surface area contributed by atoms with E-state index in [-0.39, 0.29) is 24.8 Å². The summed E-state index contributed by atoms with van der Waals surface area (Å²) < 4.78 is 31.2. The summed E-state index contributed by atoms with van der Waals surface area (Å²) >= 11 is 12.5. The molecule has 2 saturated heterocycles. The van der Waals surface area contributed by atoms with Gasteiger partial charge in [0.2, 0.25) is 15.6 Å². The van der Waals surface area contributed by atoms with Crippen LogP contribution in [-0.2, 0) is 24.3 Å². The van der Waals surface area contributed by atoms with Crippen LogP contribution >= 0.6 is 23.2 Å². The minimum Gasteiger partial charge on any atom is -0.448 e. The summed E-state index contributed by atoms with van der Waals surface area (Å²) in [5.41, 5.74) is 0.488. The van der Waals surface area contributed by atoms with E-state index < -0.39 is 33.7 Å². The number of esters is 1. The zero-order chi connectivity index (χ0) is 25.5. The Morgan fingerprint density at radius 2 is 1.77 bits per heavy atom. The molecule has 4 atom stereocenters. The van der Waals surface area contributed by atoms with E-state index in [9.17, 15) is 18.0 Å². The quantitative estimate of drug-likeness (QED) is 0.487. The smallest absolute Gasteiger partial charge is 0.311 e. The Morgan fingerprint density at radius 3 is 2.31 bits per heavy atom. The molecule has 0 bridgehead atoms. The van der Waals surface area contributed by atoms with Crippen LogP contribution in [0.25, 0.3) is 0 Å². The molecule has 0 saturated carbocycles. The highest BCUT2D eigenvalue weighted by Gasteiger charge is 2.61. The summed E-state index contributed by atoms with van der Waals surface area (Å²) in [6.45, 7) is 2.02. The number of piperidine rings is 1. The number of likely N-dealkylation sites (N-methyl/N-ethyl adjacent to an activating group) is 1. The number of ether oxygens (including phenoxy) is 1. The van der Waals surface area contributed by atoms with E-state index in [1.165, 1.54) is 11.4 Å². The minimum atomic E-state index is -3.48. The molecule has 7 nitrogen and oxygen atoms in total. The van der Waals surface area contributed by atoms with Crippen LogP contribution in [0.2, 0.25) is 10.0 Å². The number of hydrogen-bond acceptors (Lipinski definition) is 5. The first-order valence-corrected chi connectivity index (χ1v) is 14.0. The maximum Gasteiger partial charge on any atom is 0.311 e. The highest BCUT2D eigenvalue weighted by molar-refractivity contribution is 7.88. The molecule has 0 N–H and O–H groups in total. The molecule has 4 rings (SSSR count). The highest BCUT2D eigenvalue weighted by Crippen LogP contribution is 2.52. The van der Waals surface area contributed by atoms with E-state index in [2.05, 4.69) is 0 Å². The standard InChI is InChI=1S/C25H28Cl2N2O5S/c1-4-20(15-28(2)35(3,32)33)29-23(16-8-10-18(26)11-9-16)21(17-6-5-7-19(27)12-17)13-25(24(29)31)14-22(30)34-25/h5-12,20-21,23H,4,13-15H2,1-3H3. The number of benzene rings is 2. The van der Waals surface area contributed by atoms with E-state index >= 15 is 0 Å². The van der Waals surface area contributed by atoms with Crippen molar-refractivity contribution in [1.29, 1.82) is 0 Å². The Morgan fingerprint density at radius 1 is 1.11 bits per heavy atom. The molecule has 2 heterocycles. The maximum atomic E-state index is 14.0. The molecule has 1 amide bonds. The van der Waals surface area contributed by atoms with Crippen LogP contribution in [0.1, 0.15) is 49.3 Å². The molecule has 2 aliphatic rings. The Hall–Kier alpha value is -2.13. The number of amides is 1. The minimum absolute atomic E-state index is 0.00884. The van der Waals surface area contributed by atoms with Gasteiger partial charge in [-0.05, 0) is 41.8 Å². The molecule has 4 unspecified atom stereocenters. The average Bonchev–Trinajstić information content (AvgIpc) is 2.78. The Kier molecular flexibility index (Phi) is 7.21. The van der Waals surface area contributed by atoms with E-state index in [1.54, 1.807) is 23.1 Å². The molecule has 188 valence electrons. The molecule has 0 radical (unpaired) electrons. The summed E-state index contributed by atoms with van der Waals surface area (Å²) in [6, 6.07) is 13.8. The van der Waals surface area contributed by atoms with Gasteiger partial charge in [-0.15, -0.1) is 0 Å². The topological polar surface area (TPSA) is 84.0 Å². The van der Waals surface area contributed by atoms with Gasteiger partial charge in [-0.2, -0.15) is 0 Å². The van der Waals surface area contributed by atoms with Gasteiger partial charge in [-0.3, -0.25) is 9.59 Å². The van der Waals surface area contributed by atoms with Crippen molar-refractivity contribution in [3.8, 4) is 0 Å². The van der Waals surface area contributed by atoms with Crippen LogP contribution in [0, 0.1) is 0 Å². The van der Waals surface area contributed by atoms with Gasteiger partial charge >= 0.3 is 5.97 Å². The second kappa shape index (κ2) is 9.73. The van der Waals surface area contributed by atoms with Gasteiger partial charge < -0.3 is 9.64 Å². The number of halogens is 2.